The first-order valence-electron chi connectivity index (χ1n) is 8.87. The van der Waals surface area contributed by atoms with E-state index in [1.165, 1.54) is 0 Å². The van der Waals surface area contributed by atoms with Crippen LogP contribution in [0.15, 0.2) is 24.4 Å². The second kappa shape index (κ2) is 6.82. The highest BCUT2D eigenvalue weighted by Gasteiger charge is 2.33. The van der Waals surface area contributed by atoms with Gasteiger partial charge in [-0.05, 0) is 6.07 Å². The zero-order valence-electron chi connectivity index (χ0n) is 14.7. The van der Waals surface area contributed by atoms with Crippen LogP contribution >= 0.6 is 0 Å². The fraction of sp³-hybridized carbons (Fsp3) is 0.389. The molecule has 2 fully saturated rings. The summed E-state index contributed by atoms with van der Waals surface area (Å²) in [7, 11) is 0. The number of imide groups is 1. The molecule has 27 heavy (non-hydrogen) atoms. The van der Waals surface area contributed by atoms with Crippen LogP contribution in [-0.4, -0.2) is 81.2 Å². The molecule has 1 aromatic carbocycles. The number of nitrogens with one attached hydrogen (secondary N) is 1. The third-order valence-corrected chi connectivity index (χ3v) is 5.07. The zero-order chi connectivity index (χ0) is 19.0. The van der Waals surface area contributed by atoms with Crippen molar-refractivity contribution in [2.45, 2.75) is 12.8 Å². The number of piperazine rings is 1. The van der Waals surface area contributed by atoms with Crippen molar-refractivity contribution in [3.8, 4) is 0 Å². The van der Waals surface area contributed by atoms with Gasteiger partial charge in [-0.2, -0.15) is 5.10 Å². The van der Waals surface area contributed by atoms with Gasteiger partial charge in [0, 0.05) is 44.4 Å². The topological polar surface area (TPSA) is 107 Å². The van der Waals surface area contributed by atoms with Crippen LogP contribution in [0.25, 0.3) is 10.9 Å². The lowest BCUT2D eigenvalue weighted by Crippen LogP contribution is -2.53. The Hall–Kier alpha value is -3.23. The van der Waals surface area contributed by atoms with Gasteiger partial charge in [0.1, 0.15) is 6.54 Å². The first-order chi connectivity index (χ1) is 13.0. The lowest BCUT2D eigenvalue weighted by molar-refractivity contribution is -0.146. The number of aromatic amines is 1. The Balaban J connectivity index is 1.38. The van der Waals surface area contributed by atoms with Crippen molar-refractivity contribution in [2.24, 2.45) is 0 Å². The summed E-state index contributed by atoms with van der Waals surface area (Å²) in [5.41, 5.74) is 1.25. The van der Waals surface area contributed by atoms with Gasteiger partial charge < -0.3 is 9.80 Å². The normalized spacial score (nSPS) is 17.9. The molecular weight excluding hydrogens is 350 g/mol. The van der Waals surface area contributed by atoms with Crippen LogP contribution in [-0.2, 0) is 14.4 Å². The van der Waals surface area contributed by atoms with Crippen molar-refractivity contribution in [3.05, 3.63) is 30.0 Å². The number of aromatic nitrogens is 2. The van der Waals surface area contributed by atoms with Gasteiger partial charge in [0.2, 0.25) is 17.7 Å². The van der Waals surface area contributed by atoms with E-state index in [0.717, 1.165) is 10.3 Å². The summed E-state index contributed by atoms with van der Waals surface area (Å²) in [6.45, 7) is 1.34. The van der Waals surface area contributed by atoms with Gasteiger partial charge in [-0.3, -0.25) is 29.2 Å². The predicted octanol–water partition coefficient (Wildman–Crippen LogP) is -0.00370. The quantitative estimate of drug-likeness (QED) is 0.766. The Morgan fingerprint density at radius 3 is 2.37 bits per heavy atom. The molecule has 140 valence electrons. The zero-order valence-corrected chi connectivity index (χ0v) is 14.7. The molecule has 4 amide bonds. The van der Waals surface area contributed by atoms with Crippen LogP contribution in [0.3, 0.4) is 0 Å². The average Bonchev–Trinajstić information content (AvgIpc) is 3.29. The maximum atomic E-state index is 12.8. The Labute approximate surface area is 154 Å². The third kappa shape index (κ3) is 3.16. The Kier molecular flexibility index (Phi) is 4.35. The van der Waals surface area contributed by atoms with Crippen LogP contribution in [0, 0.1) is 0 Å². The van der Waals surface area contributed by atoms with Crippen LogP contribution in [0.2, 0.25) is 0 Å². The molecule has 2 aromatic rings. The van der Waals surface area contributed by atoms with Crippen molar-refractivity contribution in [1.82, 2.24) is 24.9 Å². The van der Waals surface area contributed by atoms with Crippen LogP contribution in [0.1, 0.15) is 23.2 Å². The van der Waals surface area contributed by atoms with E-state index in [4.69, 9.17) is 0 Å². The second-order valence-corrected chi connectivity index (χ2v) is 6.69. The van der Waals surface area contributed by atoms with Crippen molar-refractivity contribution in [1.29, 1.82) is 0 Å². The minimum atomic E-state index is -0.296. The lowest BCUT2D eigenvalue weighted by atomic mass is 10.1. The van der Waals surface area contributed by atoms with E-state index in [-0.39, 0.29) is 43.0 Å². The first-order valence-corrected chi connectivity index (χ1v) is 8.87. The molecule has 3 heterocycles. The highest BCUT2D eigenvalue weighted by Crippen LogP contribution is 2.19. The van der Waals surface area contributed by atoms with E-state index in [0.29, 0.717) is 37.3 Å². The lowest BCUT2D eigenvalue weighted by Gasteiger charge is -2.35. The monoisotopic (exact) mass is 369 g/mol. The molecule has 2 saturated heterocycles. The summed E-state index contributed by atoms with van der Waals surface area (Å²) in [6, 6.07) is 5.45. The van der Waals surface area contributed by atoms with Crippen molar-refractivity contribution in [3.63, 3.8) is 0 Å². The fourth-order valence-electron chi connectivity index (χ4n) is 3.51. The van der Waals surface area contributed by atoms with E-state index < -0.39 is 0 Å². The van der Waals surface area contributed by atoms with E-state index in [1.54, 1.807) is 22.1 Å². The predicted molar refractivity (Wildman–Crippen MR) is 94.5 cm³/mol. The largest absolute Gasteiger partial charge is 0.338 e. The molecule has 9 heteroatoms. The summed E-state index contributed by atoms with van der Waals surface area (Å²) in [6.07, 6.45) is 2.02. The molecule has 0 radical (unpaired) electrons. The van der Waals surface area contributed by atoms with Crippen molar-refractivity contribution >= 4 is 34.5 Å². The molecule has 0 aliphatic carbocycles. The van der Waals surface area contributed by atoms with Crippen LogP contribution in [0.5, 0.6) is 0 Å². The van der Waals surface area contributed by atoms with Gasteiger partial charge in [0.15, 0.2) is 0 Å². The number of hydrogen-bond acceptors (Lipinski definition) is 5. The number of rotatable bonds is 3. The molecular formula is C18H19N5O4. The smallest absolute Gasteiger partial charge is 0.256 e. The van der Waals surface area contributed by atoms with Crippen molar-refractivity contribution in [2.75, 3.05) is 32.7 Å². The number of carbonyl (C=O) groups is 4. The number of benzene rings is 1. The van der Waals surface area contributed by atoms with Gasteiger partial charge >= 0.3 is 0 Å². The minimum Gasteiger partial charge on any atom is -0.338 e. The van der Waals surface area contributed by atoms with Crippen LogP contribution in [0.4, 0.5) is 0 Å². The molecule has 1 N–H and O–H groups in total. The van der Waals surface area contributed by atoms with Gasteiger partial charge in [0.05, 0.1) is 17.3 Å². The van der Waals surface area contributed by atoms with Gasteiger partial charge in [-0.1, -0.05) is 12.1 Å². The van der Waals surface area contributed by atoms with E-state index in [9.17, 15) is 19.2 Å². The van der Waals surface area contributed by atoms with E-state index >= 15 is 0 Å². The van der Waals surface area contributed by atoms with E-state index in [1.807, 2.05) is 12.1 Å². The minimum absolute atomic E-state index is 0.109. The van der Waals surface area contributed by atoms with Crippen LogP contribution < -0.4 is 0 Å². The molecule has 0 bridgehead atoms. The Morgan fingerprint density at radius 2 is 1.67 bits per heavy atom. The number of carbonyl (C=O) groups excluding carboxylic acids is 4. The standard InChI is InChI=1S/C18H19N5O4/c24-14-4-5-15(25)23(14)11-16(26)21-6-8-22(9-7-21)18(27)13-3-1-2-12-10-19-20-17(12)13/h1-3,10H,4-9,11H2,(H,19,20). The molecule has 1 aromatic heterocycles. The highest BCUT2D eigenvalue weighted by molar-refractivity contribution is 6.06. The number of hydrogen-bond donors (Lipinski definition) is 1. The number of amides is 4. The number of nitrogens with zero attached hydrogens (tertiary/aromatic N) is 4. The Morgan fingerprint density at radius 1 is 1.00 bits per heavy atom. The van der Waals surface area contributed by atoms with Gasteiger partial charge in [0.25, 0.3) is 5.91 Å². The molecule has 2 aliphatic rings. The maximum Gasteiger partial charge on any atom is 0.256 e. The summed E-state index contributed by atoms with van der Waals surface area (Å²) in [5, 5.41) is 7.70. The highest BCUT2D eigenvalue weighted by atomic mass is 16.2. The SMILES string of the molecule is O=C(CN1C(=O)CCC1=O)N1CCN(C(=O)c2cccc3cn[nH]c23)CC1. The third-order valence-electron chi connectivity index (χ3n) is 5.07. The summed E-state index contributed by atoms with van der Waals surface area (Å²) < 4.78 is 0. The molecule has 0 unspecified atom stereocenters. The van der Waals surface area contributed by atoms with Gasteiger partial charge in [-0.15, -0.1) is 0 Å². The van der Waals surface area contributed by atoms with E-state index in [2.05, 4.69) is 10.2 Å². The summed E-state index contributed by atoms with van der Waals surface area (Å²) in [5.74, 6) is -0.965. The molecule has 4 rings (SSSR count). The molecule has 0 spiro atoms. The Bertz CT molecular complexity index is 913. The summed E-state index contributed by atoms with van der Waals surface area (Å²) >= 11 is 0. The maximum absolute atomic E-state index is 12.8. The average molecular weight is 369 g/mol. The number of H-pyrrole nitrogens is 1. The molecule has 0 saturated carbocycles. The first kappa shape index (κ1) is 17.2. The second-order valence-electron chi connectivity index (χ2n) is 6.69. The molecule has 9 nitrogen and oxygen atoms in total. The summed E-state index contributed by atoms with van der Waals surface area (Å²) in [4.78, 5) is 52.9. The number of para-hydroxylation sites is 1. The number of likely N-dealkylation sites (tertiary alicyclic amines) is 1. The fourth-order valence-corrected chi connectivity index (χ4v) is 3.51. The molecule has 2 aliphatic heterocycles. The van der Waals surface area contributed by atoms with Crippen molar-refractivity contribution < 1.29 is 19.2 Å². The molecule has 0 atom stereocenters. The van der Waals surface area contributed by atoms with Gasteiger partial charge in [-0.25, -0.2) is 0 Å². The number of fused-ring (bicyclic) bond motifs is 1.